The average Bonchev–Trinajstić information content (AvgIpc) is 3.39. The van der Waals surface area contributed by atoms with Crippen LogP contribution in [-0.4, -0.2) is 26.2 Å². The van der Waals surface area contributed by atoms with Gasteiger partial charge >= 0.3 is 0 Å². The Bertz CT molecular complexity index is 1430. The number of ketones is 1. The van der Waals surface area contributed by atoms with E-state index in [1.807, 2.05) is 65.2 Å². The molecule has 5 aromatic rings. The molecule has 166 valence electrons. The van der Waals surface area contributed by atoms with E-state index in [1.54, 1.807) is 12.1 Å². The van der Waals surface area contributed by atoms with Crippen LogP contribution in [-0.2, 0) is 13.2 Å². The van der Waals surface area contributed by atoms with Gasteiger partial charge in [0.25, 0.3) is 0 Å². The average molecular weight is 478 g/mol. The number of hydrogen-bond donors (Lipinski definition) is 2. The number of rotatable bonds is 7. The maximum Gasteiger partial charge on any atom is 0.211 e. The lowest BCUT2D eigenvalue weighted by atomic mass is 10.2. The number of benzene rings is 3. The van der Waals surface area contributed by atoms with Crippen molar-refractivity contribution in [1.29, 1.82) is 5.41 Å². The van der Waals surface area contributed by atoms with Gasteiger partial charge in [-0.3, -0.25) is 10.2 Å². The summed E-state index contributed by atoms with van der Waals surface area (Å²) in [6, 6.07) is 22.5. The molecule has 2 aromatic heterocycles. The standard InChI is InChI=1S/C24H19N5O2S.ClH/c25-23(26)15-10-11-19-18(12-15)27-22(14-31-16-6-2-1-3-7-16)29(19)13-20(30)24-28-17-8-4-5-9-21(17)32-24;/h1-12H,13-14H2,(H3,25,26);1H. The molecule has 7 nitrogen and oxygen atoms in total. The normalized spacial score (nSPS) is 10.8. The molecule has 0 amide bonds. The Morgan fingerprint density at radius 3 is 2.52 bits per heavy atom. The quantitative estimate of drug-likeness (QED) is 0.198. The summed E-state index contributed by atoms with van der Waals surface area (Å²) in [5, 5.41) is 8.16. The van der Waals surface area contributed by atoms with Gasteiger partial charge in [0.1, 0.15) is 24.0 Å². The highest BCUT2D eigenvalue weighted by Gasteiger charge is 2.19. The number of nitrogen functional groups attached to an aromatic ring is 1. The first-order valence-corrected chi connectivity index (χ1v) is 10.8. The van der Waals surface area contributed by atoms with E-state index in [-0.39, 0.29) is 37.2 Å². The molecule has 3 aromatic carbocycles. The van der Waals surface area contributed by atoms with Crippen LogP contribution in [0.4, 0.5) is 0 Å². The lowest BCUT2D eigenvalue weighted by Crippen LogP contribution is -2.14. The highest BCUT2D eigenvalue weighted by atomic mass is 35.5. The van der Waals surface area contributed by atoms with Crippen molar-refractivity contribution in [2.75, 3.05) is 0 Å². The van der Waals surface area contributed by atoms with Gasteiger partial charge in [-0.15, -0.1) is 23.7 Å². The highest BCUT2D eigenvalue weighted by molar-refractivity contribution is 7.20. The number of thiazole rings is 1. The summed E-state index contributed by atoms with van der Waals surface area (Å²) < 4.78 is 8.72. The molecule has 0 unspecified atom stereocenters. The molecule has 0 aliphatic heterocycles. The summed E-state index contributed by atoms with van der Waals surface area (Å²) >= 11 is 1.38. The second kappa shape index (κ2) is 9.40. The number of Topliss-reactive ketones (excluding diaryl/α,β-unsaturated/α-hetero) is 1. The number of nitrogens with zero attached hydrogens (tertiary/aromatic N) is 3. The summed E-state index contributed by atoms with van der Waals surface area (Å²) in [4.78, 5) is 22.3. The maximum absolute atomic E-state index is 13.1. The van der Waals surface area contributed by atoms with Crippen LogP contribution in [0.5, 0.6) is 5.75 Å². The number of para-hydroxylation sites is 2. The number of aromatic nitrogens is 3. The largest absolute Gasteiger partial charge is 0.486 e. The fraction of sp³-hybridized carbons (Fsp3) is 0.0833. The molecule has 0 saturated heterocycles. The van der Waals surface area contributed by atoms with Gasteiger partial charge < -0.3 is 15.0 Å². The van der Waals surface area contributed by atoms with Gasteiger partial charge in [0.05, 0.1) is 27.8 Å². The van der Waals surface area contributed by atoms with Gasteiger partial charge in [-0.2, -0.15) is 0 Å². The molecule has 0 fully saturated rings. The van der Waals surface area contributed by atoms with E-state index in [4.69, 9.17) is 15.9 Å². The zero-order chi connectivity index (χ0) is 22.1. The summed E-state index contributed by atoms with van der Waals surface area (Å²) in [7, 11) is 0. The van der Waals surface area contributed by atoms with Gasteiger partial charge in [-0.05, 0) is 42.5 Å². The van der Waals surface area contributed by atoms with E-state index in [0.29, 0.717) is 27.7 Å². The van der Waals surface area contributed by atoms with E-state index in [9.17, 15) is 4.79 Å². The number of halogens is 1. The number of nitrogens with two attached hydrogens (primary N) is 1. The molecule has 0 aliphatic rings. The Labute approximate surface area is 199 Å². The maximum atomic E-state index is 13.1. The zero-order valence-corrected chi connectivity index (χ0v) is 19.0. The second-order valence-electron chi connectivity index (χ2n) is 7.24. The third kappa shape index (κ3) is 4.57. The number of imidazole rings is 1. The fourth-order valence-corrected chi connectivity index (χ4v) is 4.40. The highest BCUT2D eigenvalue weighted by Crippen LogP contribution is 2.24. The van der Waals surface area contributed by atoms with Gasteiger partial charge in [-0.25, -0.2) is 9.97 Å². The zero-order valence-electron chi connectivity index (χ0n) is 17.4. The van der Waals surface area contributed by atoms with Crippen LogP contribution >= 0.6 is 23.7 Å². The number of hydrogen-bond acceptors (Lipinski definition) is 6. The van der Waals surface area contributed by atoms with Gasteiger partial charge in [-0.1, -0.05) is 30.3 Å². The number of nitrogens with one attached hydrogen (secondary N) is 1. The number of amidine groups is 1. The number of carbonyl (C=O) groups is 1. The molecule has 0 saturated carbocycles. The minimum absolute atomic E-state index is 0. The van der Waals surface area contributed by atoms with Crippen molar-refractivity contribution in [3.05, 3.63) is 89.2 Å². The first-order chi connectivity index (χ1) is 15.6. The van der Waals surface area contributed by atoms with Crippen molar-refractivity contribution in [1.82, 2.24) is 14.5 Å². The number of ether oxygens (including phenoxy) is 1. The summed E-state index contributed by atoms with van der Waals surface area (Å²) in [5.74, 6) is 1.20. The molecule has 0 spiro atoms. The van der Waals surface area contributed by atoms with Crippen LogP contribution < -0.4 is 10.5 Å². The van der Waals surface area contributed by atoms with Crippen molar-refractivity contribution in [3.8, 4) is 5.75 Å². The third-order valence-electron chi connectivity index (χ3n) is 5.08. The van der Waals surface area contributed by atoms with Crippen LogP contribution in [0.2, 0.25) is 0 Å². The Balaban J connectivity index is 0.00000259. The van der Waals surface area contributed by atoms with Gasteiger partial charge in [0.15, 0.2) is 5.01 Å². The Hall–Kier alpha value is -3.75. The molecule has 0 bridgehead atoms. The summed E-state index contributed by atoms with van der Waals surface area (Å²) in [6.45, 7) is 0.282. The number of carbonyl (C=O) groups excluding carboxylic acids is 1. The fourth-order valence-electron chi connectivity index (χ4n) is 3.50. The van der Waals surface area contributed by atoms with Crippen molar-refractivity contribution in [3.63, 3.8) is 0 Å². The Morgan fingerprint density at radius 2 is 1.76 bits per heavy atom. The summed E-state index contributed by atoms with van der Waals surface area (Å²) in [6.07, 6.45) is 0. The van der Waals surface area contributed by atoms with Crippen molar-refractivity contribution in [2.24, 2.45) is 5.73 Å². The lowest BCUT2D eigenvalue weighted by Gasteiger charge is -2.09. The van der Waals surface area contributed by atoms with Crippen LogP contribution in [0.25, 0.3) is 21.3 Å². The van der Waals surface area contributed by atoms with Crippen LogP contribution in [0, 0.1) is 5.41 Å². The Morgan fingerprint density at radius 1 is 1.00 bits per heavy atom. The topological polar surface area (TPSA) is 107 Å². The Kier molecular flexibility index (Phi) is 6.39. The van der Waals surface area contributed by atoms with E-state index in [0.717, 1.165) is 15.7 Å². The second-order valence-corrected chi connectivity index (χ2v) is 8.27. The first-order valence-electron chi connectivity index (χ1n) is 9.98. The van der Waals surface area contributed by atoms with Gasteiger partial charge in [0.2, 0.25) is 5.78 Å². The third-order valence-corrected chi connectivity index (χ3v) is 6.16. The molecule has 0 aliphatic carbocycles. The minimum Gasteiger partial charge on any atom is -0.486 e. The number of fused-ring (bicyclic) bond motifs is 2. The van der Waals surface area contributed by atoms with Crippen LogP contribution in [0.3, 0.4) is 0 Å². The monoisotopic (exact) mass is 477 g/mol. The van der Waals surface area contributed by atoms with E-state index in [1.165, 1.54) is 11.3 Å². The van der Waals surface area contributed by atoms with Crippen molar-refractivity contribution in [2.45, 2.75) is 13.2 Å². The van der Waals surface area contributed by atoms with E-state index < -0.39 is 0 Å². The van der Waals surface area contributed by atoms with E-state index in [2.05, 4.69) is 9.97 Å². The molecule has 0 radical (unpaired) electrons. The molecule has 33 heavy (non-hydrogen) atoms. The lowest BCUT2D eigenvalue weighted by molar-refractivity contribution is 0.0971. The molecule has 2 heterocycles. The van der Waals surface area contributed by atoms with Gasteiger partial charge in [0, 0.05) is 5.56 Å². The van der Waals surface area contributed by atoms with Crippen molar-refractivity contribution < 1.29 is 9.53 Å². The predicted molar refractivity (Wildman–Crippen MR) is 133 cm³/mol. The smallest absolute Gasteiger partial charge is 0.211 e. The van der Waals surface area contributed by atoms with E-state index >= 15 is 0 Å². The molecular formula is C24H20ClN5O2S. The molecule has 3 N–H and O–H groups in total. The molecule has 5 rings (SSSR count). The minimum atomic E-state index is -0.0953. The first kappa shape index (κ1) is 22.4. The molecular weight excluding hydrogens is 458 g/mol. The molecule has 0 atom stereocenters. The van der Waals surface area contributed by atoms with Crippen LogP contribution in [0.15, 0.2) is 72.8 Å². The van der Waals surface area contributed by atoms with Crippen LogP contribution in [0.1, 0.15) is 21.2 Å². The molecule has 9 heteroatoms. The summed E-state index contributed by atoms with van der Waals surface area (Å²) in [5.41, 5.74) is 8.46. The predicted octanol–water partition coefficient (Wildman–Crippen LogP) is 4.81. The van der Waals surface area contributed by atoms with Crippen molar-refractivity contribution >= 4 is 56.6 Å². The SMILES string of the molecule is Cl.N=C(N)c1ccc2c(c1)nc(COc1ccccc1)n2CC(=O)c1nc2ccccc2s1.